The Morgan fingerprint density at radius 1 is 1.67 bits per heavy atom. The lowest BCUT2D eigenvalue weighted by molar-refractivity contribution is 0.0662. The van der Waals surface area contributed by atoms with E-state index in [2.05, 4.69) is 23.2 Å². The fourth-order valence-corrected chi connectivity index (χ4v) is 1.22. The first-order chi connectivity index (χ1) is 7.20. The number of furan rings is 1. The van der Waals surface area contributed by atoms with Crippen molar-refractivity contribution in [3.05, 3.63) is 24.2 Å². The van der Waals surface area contributed by atoms with E-state index < -0.39 is 5.97 Å². The molecule has 1 aromatic heterocycles. The molecule has 0 aromatic carbocycles. The fraction of sp³-hybridized carbons (Fsp3) is 0.417. The molecule has 1 N–H and O–H groups in total. The summed E-state index contributed by atoms with van der Waals surface area (Å²) in [5.74, 6) is 5.84. The maximum absolute atomic E-state index is 9.97. The molecule has 3 heteroatoms. The second-order valence-electron chi connectivity index (χ2n) is 3.40. The summed E-state index contributed by atoms with van der Waals surface area (Å²) >= 11 is 0. The summed E-state index contributed by atoms with van der Waals surface area (Å²) in [6, 6.07) is 2.92. The average molecular weight is 206 g/mol. The minimum Gasteiger partial charge on any atom is -0.475 e. The number of hydrogen-bond acceptors (Lipinski definition) is 2. The molecule has 2 rings (SSSR count). The highest BCUT2D eigenvalue weighted by atomic mass is 16.4. The van der Waals surface area contributed by atoms with E-state index in [0.29, 0.717) is 5.92 Å². The topological polar surface area (TPSA) is 50.4 Å². The summed E-state index contributed by atoms with van der Waals surface area (Å²) in [6.07, 6.45) is 5.08. The van der Waals surface area contributed by atoms with Crippen molar-refractivity contribution in [3.8, 4) is 11.8 Å². The van der Waals surface area contributed by atoms with Crippen molar-refractivity contribution in [1.82, 2.24) is 0 Å². The molecule has 1 aliphatic rings. The van der Waals surface area contributed by atoms with E-state index in [0.717, 1.165) is 6.42 Å². The highest BCUT2D eigenvalue weighted by molar-refractivity contribution is 5.84. The Labute approximate surface area is 89.1 Å². The van der Waals surface area contributed by atoms with Crippen LogP contribution in [0.15, 0.2) is 22.8 Å². The van der Waals surface area contributed by atoms with Crippen LogP contribution in [0.1, 0.15) is 36.7 Å². The summed E-state index contributed by atoms with van der Waals surface area (Å²) in [5.41, 5.74) is 0. The van der Waals surface area contributed by atoms with Crippen LogP contribution in [-0.2, 0) is 0 Å². The Morgan fingerprint density at radius 3 is 2.73 bits per heavy atom. The van der Waals surface area contributed by atoms with Crippen LogP contribution >= 0.6 is 0 Å². The molecule has 1 aliphatic carbocycles. The molecule has 80 valence electrons. The van der Waals surface area contributed by atoms with Crippen LogP contribution in [0, 0.1) is 17.8 Å². The summed E-state index contributed by atoms with van der Waals surface area (Å²) in [6.45, 7) is 2.19. The molecule has 0 spiro atoms. The Bertz CT molecular complexity index is 354. The van der Waals surface area contributed by atoms with E-state index in [1.54, 1.807) is 0 Å². The molecule has 15 heavy (non-hydrogen) atoms. The van der Waals surface area contributed by atoms with Crippen molar-refractivity contribution in [2.45, 2.75) is 26.2 Å². The molecule has 1 aromatic rings. The minimum atomic E-state index is -1.03. The first-order valence-electron chi connectivity index (χ1n) is 4.95. The average Bonchev–Trinajstić information content (AvgIpc) is 2.72. The van der Waals surface area contributed by atoms with Crippen molar-refractivity contribution in [2.24, 2.45) is 5.92 Å². The van der Waals surface area contributed by atoms with E-state index in [1.807, 2.05) is 0 Å². The van der Waals surface area contributed by atoms with E-state index >= 15 is 0 Å². The molecule has 0 saturated heterocycles. The Balaban J connectivity index is 0.000000151. The zero-order chi connectivity index (χ0) is 11.1. The first-order valence-corrected chi connectivity index (χ1v) is 4.95. The number of carboxylic acid groups (broad SMARTS) is 1. The molecule has 1 unspecified atom stereocenters. The van der Waals surface area contributed by atoms with Gasteiger partial charge in [0.1, 0.15) is 0 Å². The second-order valence-corrected chi connectivity index (χ2v) is 3.40. The SMILES string of the molecule is CC1C#CCCC1.O=C(O)c1ccco1. The van der Waals surface area contributed by atoms with Crippen molar-refractivity contribution < 1.29 is 14.3 Å². The number of carboxylic acids is 1. The van der Waals surface area contributed by atoms with E-state index in [-0.39, 0.29) is 5.76 Å². The highest BCUT2D eigenvalue weighted by Crippen LogP contribution is 2.09. The maximum atomic E-state index is 9.97. The summed E-state index contributed by atoms with van der Waals surface area (Å²) in [7, 11) is 0. The molecule has 0 fully saturated rings. The van der Waals surface area contributed by atoms with Gasteiger partial charge in [-0.3, -0.25) is 0 Å². The lowest BCUT2D eigenvalue weighted by Crippen LogP contribution is -1.93. The monoisotopic (exact) mass is 206 g/mol. The van der Waals surface area contributed by atoms with Crippen molar-refractivity contribution in [3.63, 3.8) is 0 Å². The summed E-state index contributed by atoms with van der Waals surface area (Å²) in [4.78, 5) is 9.97. The summed E-state index contributed by atoms with van der Waals surface area (Å²) < 4.78 is 4.50. The summed E-state index contributed by atoms with van der Waals surface area (Å²) in [5, 5.41) is 8.18. The molecule has 1 heterocycles. The highest BCUT2D eigenvalue weighted by Gasteiger charge is 2.01. The third kappa shape index (κ3) is 4.37. The largest absolute Gasteiger partial charge is 0.475 e. The van der Waals surface area contributed by atoms with Crippen LogP contribution in [-0.4, -0.2) is 11.1 Å². The van der Waals surface area contributed by atoms with Gasteiger partial charge in [-0.15, -0.1) is 11.8 Å². The molecule has 0 bridgehead atoms. The maximum Gasteiger partial charge on any atom is 0.371 e. The molecule has 0 amide bonds. The van der Waals surface area contributed by atoms with Gasteiger partial charge in [0.05, 0.1) is 6.26 Å². The van der Waals surface area contributed by atoms with Crippen LogP contribution in [0.5, 0.6) is 0 Å². The molecule has 0 aliphatic heterocycles. The van der Waals surface area contributed by atoms with Crippen LogP contribution in [0.2, 0.25) is 0 Å². The normalized spacial score (nSPS) is 18.1. The molecule has 3 nitrogen and oxygen atoms in total. The third-order valence-electron chi connectivity index (χ3n) is 2.02. The zero-order valence-corrected chi connectivity index (χ0v) is 8.69. The first kappa shape index (κ1) is 11.4. The van der Waals surface area contributed by atoms with Gasteiger partial charge in [-0.1, -0.05) is 6.92 Å². The Kier molecular flexibility index (Phi) is 4.49. The van der Waals surface area contributed by atoms with Crippen LogP contribution in [0.25, 0.3) is 0 Å². The van der Waals surface area contributed by atoms with Gasteiger partial charge in [-0.25, -0.2) is 4.79 Å². The second kappa shape index (κ2) is 5.92. The van der Waals surface area contributed by atoms with Gasteiger partial charge in [-0.05, 0) is 25.0 Å². The van der Waals surface area contributed by atoms with Crippen molar-refractivity contribution >= 4 is 5.97 Å². The Hall–Kier alpha value is -1.69. The number of rotatable bonds is 1. The van der Waals surface area contributed by atoms with E-state index in [4.69, 9.17) is 5.11 Å². The number of aromatic carboxylic acids is 1. The quantitative estimate of drug-likeness (QED) is 0.719. The Morgan fingerprint density at radius 2 is 2.47 bits per heavy atom. The minimum absolute atomic E-state index is 0.0231. The van der Waals surface area contributed by atoms with E-state index in [1.165, 1.54) is 31.2 Å². The third-order valence-corrected chi connectivity index (χ3v) is 2.02. The molecule has 1 atom stereocenters. The molecule has 0 saturated carbocycles. The number of hydrogen-bond donors (Lipinski definition) is 1. The standard InChI is InChI=1S/C7H10.C5H4O3/c1-7-5-3-2-4-6-7;6-5(7)4-2-1-3-8-4/h7H,2-3,5H2,1H3;1-3H,(H,6,7). The van der Waals surface area contributed by atoms with Gasteiger partial charge in [0, 0.05) is 12.3 Å². The molecular formula is C12H14O3. The van der Waals surface area contributed by atoms with Gasteiger partial charge in [-0.2, -0.15) is 0 Å². The van der Waals surface area contributed by atoms with Gasteiger partial charge >= 0.3 is 5.97 Å². The van der Waals surface area contributed by atoms with Crippen LogP contribution in [0.3, 0.4) is 0 Å². The lowest BCUT2D eigenvalue weighted by atomic mass is 10.0. The van der Waals surface area contributed by atoms with E-state index in [9.17, 15) is 4.79 Å². The van der Waals surface area contributed by atoms with Gasteiger partial charge < -0.3 is 9.52 Å². The van der Waals surface area contributed by atoms with Crippen molar-refractivity contribution in [2.75, 3.05) is 0 Å². The smallest absolute Gasteiger partial charge is 0.371 e. The van der Waals surface area contributed by atoms with Gasteiger partial charge in [0.25, 0.3) is 0 Å². The molecular weight excluding hydrogens is 192 g/mol. The van der Waals surface area contributed by atoms with Crippen LogP contribution < -0.4 is 0 Å². The lowest BCUT2D eigenvalue weighted by Gasteiger charge is -2.04. The predicted octanol–water partition coefficient (Wildman–Crippen LogP) is 2.79. The fourth-order valence-electron chi connectivity index (χ4n) is 1.22. The number of carbonyl (C=O) groups is 1. The van der Waals surface area contributed by atoms with Crippen molar-refractivity contribution in [1.29, 1.82) is 0 Å². The zero-order valence-electron chi connectivity index (χ0n) is 8.69. The van der Waals surface area contributed by atoms with Gasteiger partial charge in [0.2, 0.25) is 5.76 Å². The predicted molar refractivity (Wildman–Crippen MR) is 56.5 cm³/mol. The molecule has 0 radical (unpaired) electrons. The van der Waals surface area contributed by atoms with Gasteiger partial charge in [0.15, 0.2) is 0 Å². The van der Waals surface area contributed by atoms with Crippen LogP contribution in [0.4, 0.5) is 0 Å².